The van der Waals surface area contributed by atoms with Crippen molar-refractivity contribution in [2.24, 2.45) is 0 Å². The molecule has 7 nitrogen and oxygen atoms in total. The van der Waals surface area contributed by atoms with Crippen LogP contribution in [-0.4, -0.2) is 27.6 Å². The number of nitrogens with one attached hydrogen (secondary N) is 1. The quantitative estimate of drug-likeness (QED) is 0.431. The summed E-state index contributed by atoms with van der Waals surface area (Å²) in [6.07, 6.45) is 2.17. The first-order valence-electron chi connectivity index (χ1n) is 10.3. The lowest BCUT2D eigenvalue weighted by molar-refractivity contribution is 0.102. The Hall–Kier alpha value is -3.26. The molecule has 1 N–H and O–H groups in total. The molecular formula is C23H22N4O3S. The van der Waals surface area contributed by atoms with Gasteiger partial charge in [0.2, 0.25) is 0 Å². The first-order chi connectivity index (χ1) is 15.0. The summed E-state index contributed by atoms with van der Waals surface area (Å²) in [5.41, 5.74) is 4.32. The minimum Gasteiger partial charge on any atom is -0.494 e. The van der Waals surface area contributed by atoms with Crippen molar-refractivity contribution in [2.75, 3.05) is 11.9 Å². The molecule has 1 aromatic carbocycles. The van der Waals surface area contributed by atoms with Crippen molar-refractivity contribution >= 4 is 33.5 Å². The molecule has 4 aromatic rings. The standard InChI is InChI=1S/C23H22N4O3S/c1-4-29-16-9-7-15(8-10-16)20-13(3)31-23(25-20)26-21(28)17-11-18(14-5-6-14)24-22-19(17)12(2)27-30-22/h7-11,14H,4-6H2,1-3H3,(H,25,26,28). The number of aromatic nitrogens is 3. The summed E-state index contributed by atoms with van der Waals surface area (Å²) in [7, 11) is 0. The second-order valence-corrected chi connectivity index (χ2v) is 8.86. The number of thiazole rings is 1. The van der Waals surface area contributed by atoms with Gasteiger partial charge in [0.15, 0.2) is 5.13 Å². The van der Waals surface area contributed by atoms with Gasteiger partial charge in [-0.05, 0) is 63.9 Å². The van der Waals surface area contributed by atoms with E-state index in [2.05, 4.69) is 20.4 Å². The van der Waals surface area contributed by atoms with Crippen LogP contribution in [0.1, 0.15) is 52.3 Å². The predicted molar refractivity (Wildman–Crippen MR) is 120 cm³/mol. The normalized spacial score (nSPS) is 13.5. The predicted octanol–water partition coefficient (Wildman–Crippen LogP) is 5.49. The summed E-state index contributed by atoms with van der Waals surface area (Å²) < 4.78 is 10.9. The lowest BCUT2D eigenvalue weighted by Crippen LogP contribution is -2.13. The molecule has 8 heteroatoms. The van der Waals surface area contributed by atoms with Crippen molar-refractivity contribution in [3.63, 3.8) is 0 Å². The first kappa shape index (κ1) is 19.7. The molecule has 158 valence electrons. The van der Waals surface area contributed by atoms with Crippen molar-refractivity contribution < 1.29 is 14.1 Å². The zero-order valence-electron chi connectivity index (χ0n) is 17.6. The Morgan fingerprint density at radius 1 is 1.23 bits per heavy atom. The van der Waals surface area contributed by atoms with Crippen LogP contribution >= 0.6 is 11.3 Å². The fourth-order valence-electron chi connectivity index (χ4n) is 3.64. The molecule has 1 fully saturated rings. The lowest BCUT2D eigenvalue weighted by Gasteiger charge is -2.06. The molecule has 0 atom stereocenters. The molecule has 0 radical (unpaired) electrons. The van der Waals surface area contributed by atoms with E-state index in [4.69, 9.17) is 9.26 Å². The number of hydrogen-bond donors (Lipinski definition) is 1. The van der Waals surface area contributed by atoms with Gasteiger partial charge in [0.25, 0.3) is 11.6 Å². The molecule has 0 aliphatic heterocycles. The van der Waals surface area contributed by atoms with E-state index < -0.39 is 0 Å². The van der Waals surface area contributed by atoms with E-state index in [1.54, 1.807) is 0 Å². The van der Waals surface area contributed by atoms with Crippen LogP contribution in [0.3, 0.4) is 0 Å². The molecule has 1 saturated carbocycles. The summed E-state index contributed by atoms with van der Waals surface area (Å²) in [6.45, 7) is 6.40. The molecule has 31 heavy (non-hydrogen) atoms. The SMILES string of the molecule is CCOc1ccc(-c2nc(NC(=O)c3cc(C4CC4)nc4onc(C)c34)sc2C)cc1. The molecule has 3 heterocycles. The number of fused-ring (bicyclic) bond motifs is 1. The Balaban J connectivity index is 1.44. The fraction of sp³-hybridized carbons (Fsp3) is 0.304. The number of pyridine rings is 1. The van der Waals surface area contributed by atoms with Gasteiger partial charge in [-0.1, -0.05) is 5.16 Å². The van der Waals surface area contributed by atoms with E-state index >= 15 is 0 Å². The van der Waals surface area contributed by atoms with E-state index in [0.717, 1.165) is 40.4 Å². The van der Waals surface area contributed by atoms with Crippen LogP contribution in [-0.2, 0) is 0 Å². The van der Waals surface area contributed by atoms with Crippen molar-refractivity contribution in [3.8, 4) is 17.0 Å². The Bertz CT molecular complexity index is 1270. The second-order valence-electron chi connectivity index (χ2n) is 7.65. The number of carbonyl (C=O) groups is 1. The number of carbonyl (C=O) groups excluding carboxylic acids is 1. The number of aryl methyl sites for hydroxylation is 2. The van der Waals surface area contributed by atoms with Crippen LogP contribution in [0.15, 0.2) is 34.9 Å². The maximum atomic E-state index is 13.2. The maximum absolute atomic E-state index is 13.2. The summed E-state index contributed by atoms with van der Waals surface area (Å²) in [5, 5.41) is 8.18. The van der Waals surface area contributed by atoms with Gasteiger partial charge in [-0.15, -0.1) is 11.3 Å². The average molecular weight is 435 g/mol. The zero-order chi connectivity index (χ0) is 21.5. The van der Waals surface area contributed by atoms with Crippen molar-refractivity contribution in [1.29, 1.82) is 0 Å². The highest BCUT2D eigenvalue weighted by molar-refractivity contribution is 7.16. The van der Waals surface area contributed by atoms with Gasteiger partial charge in [0.05, 0.1) is 28.9 Å². The van der Waals surface area contributed by atoms with E-state index in [1.165, 1.54) is 11.3 Å². The van der Waals surface area contributed by atoms with Gasteiger partial charge < -0.3 is 9.26 Å². The smallest absolute Gasteiger partial charge is 0.259 e. The molecule has 1 aliphatic rings. The maximum Gasteiger partial charge on any atom is 0.259 e. The average Bonchev–Trinajstić information content (AvgIpc) is 3.46. The highest BCUT2D eigenvalue weighted by Crippen LogP contribution is 2.40. The topological polar surface area (TPSA) is 90.1 Å². The molecule has 0 unspecified atom stereocenters. The van der Waals surface area contributed by atoms with E-state index in [1.807, 2.05) is 51.1 Å². The Morgan fingerprint density at radius 2 is 2.00 bits per heavy atom. The third kappa shape index (κ3) is 3.79. The van der Waals surface area contributed by atoms with Gasteiger partial charge >= 0.3 is 0 Å². The number of nitrogens with zero attached hydrogens (tertiary/aromatic N) is 3. The monoisotopic (exact) mass is 434 g/mol. The Morgan fingerprint density at radius 3 is 2.71 bits per heavy atom. The van der Waals surface area contributed by atoms with Crippen LogP contribution in [0.2, 0.25) is 0 Å². The lowest BCUT2D eigenvalue weighted by atomic mass is 10.1. The first-order valence-corrected chi connectivity index (χ1v) is 11.1. The summed E-state index contributed by atoms with van der Waals surface area (Å²) in [6, 6.07) is 9.68. The number of anilines is 1. The van der Waals surface area contributed by atoms with Crippen LogP contribution in [0, 0.1) is 13.8 Å². The third-order valence-electron chi connectivity index (χ3n) is 5.33. The Kier molecular flexibility index (Phi) is 4.94. The second kappa shape index (κ2) is 7.77. The van der Waals surface area contributed by atoms with Gasteiger partial charge in [-0.2, -0.15) is 0 Å². The molecule has 0 saturated heterocycles. The third-order valence-corrected chi connectivity index (χ3v) is 6.22. The summed E-state index contributed by atoms with van der Waals surface area (Å²) in [4.78, 5) is 23.4. The Labute approximate surface area is 183 Å². The molecule has 0 bridgehead atoms. The van der Waals surface area contributed by atoms with Crippen LogP contribution < -0.4 is 10.1 Å². The van der Waals surface area contributed by atoms with Crippen LogP contribution in [0.4, 0.5) is 5.13 Å². The molecule has 1 aliphatic carbocycles. The zero-order valence-corrected chi connectivity index (χ0v) is 18.4. The minimum absolute atomic E-state index is 0.229. The molecule has 1 amide bonds. The van der Waals surface area contributed by atoms with Gasteiger partial charge in [-0.3, -0.25) is 10.1 Å². The largest absolute Gasteiger partial charge is 0.494 e. The summed E-state index contributed by atoms with van der Waals surface area (Å²) >= 11 is 1.45. The molecule has 5 rings (SSSR count). The van der Waals surface area contributed by atoms with Gasteiger partial charge in [0.1, 0.15) is 5.75 Å². The molecule has 3 aromatic heterocycles. The highest BCUT2D eigenvalue weighted by atomic mass is 32.1. The van der Waals surface area contributed by atoms with E-state index in [9.17, 15) is 4.79 Å². The number of benzene rings is 1. The van der Waals surface area contributed by atoms with Gasteiger partial charge in [0, 0.05) is 22.1 Å². The van der Waals surface area contributed by atoms with Crippen molar-refractivity contribution in [1.82, 2.24) is 15.1 Å². The van der Waals surface area contributed by atoms with Crippen molar-refractivity contribution in [2.45, 2.75) is 39.5 Å². The molecular weight excluding hydrogens is 412 g/mol. The van der Waals surface area contributed by atoms with Gasteiger partial charge in [-0.25, -0.2) is 9.97 Å². The van der Waals surface area contributed by atoms with E-state index in [-0.39, 0.29) is 5.91 Å². The van der Waals surface area contributed by atoms with Crippen molar-refractivity contribution in [3.05, 3.63) is 52.2 Å². The number of ether oxygens (including phenoxy) is 1. The minimum atomic E-state index is -0.229. The molecule has 0 spiro atoms. The number of rotatable bonds is 6. The van der Waals surface area contributed by atoms with E-state index in [0.29, 0.717) is 40.0 Å². The van der Waals surface area contributed by atoms with Crippen LogP contribution in [0.5, 0.6) is 5.75 Å². The number of hydrogen-bond acceptors (Lipinski definition) is 7. The fourth-order valence-corrected chi connectivity index (χ4v) is 4.47. The number of amides is 1. The summed E-state index contributed by atoms with van der Waals surface area (Å²) in [5.74, 6) is 0.993. The highest BCUT2D eigenvalue weighted by Gasteiger charge is 2.29. The van der Waals surface area contributed by atoms with Crippen LogP contribution in [0.25, 0.3) is 22.4 Å².